The second-order valence-corrected chi connectivity index (χ2v) is 4.29. The molecule has 1 N–H and O–H groups in total. The van der Waals surface area contributed by atoms with E-state index < -0.39 is 0 Å². The summed E-state index contributed by atoms with van der Waals surface area (Å²) in [7, 11) is 0. The topological polar surface area (TPSA) is 12.0 Å². The van der Waals surface area contributed by atoms with Crippen LogP contribution in [0.15, 0.2) is 35.1 Å². The molecule has 0 aliphatic rings. The van der Waals surface area contributed by atoms with Crippen LogP contribution in [0.4, 0.5) is 0 Å². The molecule has 0 aromatic carbocycles. The predicted octanol–water partition coefficient (Wildman–Crippen LogP) is 4.19. The number of hydrogen-bond acceptors (Lipinski definition) is 1. The van der Waals surface area contributed by atoms with Gasteiger partial charge in [0.25, 0.3) is 0 Å². The van der Waals surface area contributed by atoms with E-state index in [0.717, 1.165) is 13.0 Å². The minimum atomic E-state index is 1.02. The molecular weight excluding hydrogens is 182 g/mol. The smallest absolute Gasteiger partial charge is 0.0144 e. The van der Waals surface area contributed by atoms with Gasteiger partial charge in [0.2, 0.25) is 0 Å². The van der Waals surface area contributed by atoms with E-state index in [9.17, 15) is 0 Å². The Morgan fingerprint density at radius 2 is 1.67 bits per heavy atom. The normalized spacial score (nSPS) is 11.8. The highest BCUT2D eigenvalue weighted by atomic mass is 14.8. The lowest BCUT2D eigenvalue weighted by atomic mass is 9.97. The molecule has 0 amide bonds. The second kappa shape index (κ2) is 7.33. The average molecular weight is 207 g/mol. The molecule has 0 aliphatic heterocycles. The van der Waals surface area contributed by atoms with Gasteiger partial charge in [-0.15, -0.1) is 0 Å². The molecule has 86 valence electrons. The van der Waals surface area contributed by atoms with Crippen molar-refractivity contribution in [1.29, 1.82) is 0 Å². The Balaban J connectivity index is 4.27. The molecule has 0 aliphatic carbocycles. The van der Waals surface area contributed by atoms with Crippen molar-refractivity contribution in [3.05, 3.63) is 35.1 Å². The summed E-state index contributed by atoms with van der Waals surface area (Å²) in [5, 5.41) is 3.12. The Morgan fingerprint density at radius 3 is 2.13 bits per heavy atom. The molecule has 0 aromatic rings. The Labute approximate surface area is 95.0 Å². The van der Waals surface area contributed by atoms with Crippen molar-refractivity contribution in [2.75, 3.05) is 6.54 Å². The zero-order valence-corrected chi connectivity index (χ0v) is 10.9. The molecular formula is C14H25N. The zero-order valence-electron chi connectivity index (χ0n) is 10.9. The van der Waals surface area contributed by atoms with Crippen LogP contribution >= 0.6 is 0 Å². The summed E-state index contributed by atoms with van der Waals surface area (Å²) in [6, 6.07) is 0. The van der Waals surface area contributed by atoms with E-state index in [0.29, 0.717) is 0 Å². The van der Waals surface area contributed by atoms with Gasteiger partial charge in [-0.25, -0.2) is 0 Å². The standard InChI is InChI=1S/C14H25N/c1-7-15-10-8-9-12(4)14(6)13(5)11(2)3/h7,15H,1,8-10H2,2-6H3/b14-12+. The lowest BCUT2D eigenvalue weighted by Gasteiger charge is -2.10. The molecule has 0 radical (unpaired) electrons. The Bertz CT molecular complexity index is 265. The fraction of sp³-hybridized carbons (Fsp3) is 0.571. The monoisotopic (exact) mass is 207 g/mol. The molecule has 0 atom stereocenters. The van der Waals surface area contributed by atoms with Gasteiger partial charge in [0.15, 0.2) is 0 Å². The quantitative estimate of drug-likeness (QED) is 0.508. The van der Waals surface area contributed by atoms with Crippen LogP contribution in [0.2, 0.25) is 0 Å². The van der Waals surface area contributed by atoms with E-state index in [4.69, 9.17) is 0 Å². The van der Waals surface area contributed by atoms with Crippen LogP contribution in [-0.4, -0.2) is 6.54 Å². The highest BCUT2D eigenvalue weighted by Crippen LogP contribution is 2.19. The van der Waals surface area contributed by atoms with Crippen molar-refractivity contribution in [2.24, 2.45) is 0 Å². The second-order valence-electron chi connectivity index (χ2n) is 4.29. The Hall–Kier alpha value is -0.980. The van der Waals surface area contributed by atoms with Gasteiger partial charge in [-0.1, -0.05) is 17.7 Å². The van der Waals surface area contributed by atoms with Crippen molar-refractivity contribution < 1.29 is 0 Å². The number of allylic oxidation sites excluding steroid dienone is 4. The van der Waals surface area contributed by atoms with Gasteiger partial charge in [-0.2, -0.15) is 0 Å². The molecule has 15 heavy (non-hydrogen) atoms. The van der Waals surface area contributed by atoms with Crippen molar-refractivity contribution in [3.63, 3.8) is 0 Å². The van der Waals surface area contributed by atoms with Crippen LogP contribution in [0.5, 0.6) is 0 Å². The SMILES string of the molecule is C=CNCCC/C(C)=C(\C)C(C)=C(C)C. The molecule has 0 heterocycles. The van der Waals surface area contributed by atoms with Gasteiger partial charge in [-0.3, -0.25) is 0 Å². The first-order valence-electron chi connectivity index (χ1n) is 5.65. The third kappa shape index (κ3) is 5.46. The molecule has 0 saturated heterocycles. The fourth-order valence-electron chi connectivity index (χ4n) is 1.44. The third-order valence-electron chi connectivity index (χ3n) is 2.97. The van der Waals surface area contributed by atoms with Gasteiger partial charge in [-0.05, 0) is 64.8 Å². The van der Waals surface area contributed by atoms with E-state index in [-0.39, 0.29) is 0 Å². The lowest BCUT2D eigenvalue weighted by Crippen LogP contribution is -2.06. The van der Waals surface area contributed by atoms with Crippen LogP contribution in [0.3, 0.4) is 0 Å². The first-order chi connectivity index (χ1) is 7.00. The molecule has 1 nitrogen and oxygen atoms in total. The predicted molar refractivity (Wildman–Crippen MR) is 69.9 cm³/mol. The largest absolute Gasteiger partial charge is 0.391 e. The molecule has 1 heteroatoms. The van der Waals surface area contributed by atoms with E-state index in [1.54, 1.807) is 6.20 Å². The molecule has 0 saturated carbocycles. The van der Waals surface area contributed by atoms with Crippen LogP contribution in [0.1, 0.15) is 47.5 Å². The minimum absolute atomic E-state index is 1.02. The summed E-state index contributed by atoms with van der Waals surface area (Å²) in [6.45, 7) is 15.7. The number of hydrogen-bond donors (Lipinski definition) is 1. The van der Waals surface area contributed by atoms with Crippen LogP contribution in [0, 0.1) is 0 Å². The summed E-state index contributed by atoms with van der Waals surface area (Å²) < 4.78 is 0. The van der Waals surface area contributed by atoms with Crippen molar-refractivity contribution in [1.82, 2.24) is 5.32 Å². The highest BCUT2D eigenvalue weighted by molar-refractivity contribution is 5.34. The maximum absolute atomic E-state index is 3.63. The Kier molecular flexibility index (Phi) is 6.85. The molecule has 0 spiro atoms. The molecule has 0 rings (SSSR count). The number of nitrogens with one attached hydrogen (secondary N) is 1. The minimum Gasteiger partial charge on any atom is -0.391 e. The number of rotatable bonds is 6. The maximum Gasteiger partial charge on any atom is 0.0144 e. The maximum atomic E-state index is 3.63. The van der Waals surface area contributed by atoms with Gasteiger partial charge in [0, 0.05) is 6.54 Å². The third-order valence-corrected chi connectivity index (χ3v) is 2.97. The van der Waals surface area contributed by atoms with E-state index >= 15 is 0 Å². The molecule has 0 unspecified atom stereocenters. The van der Waals surface area contributed by atoms with E-state index in [1.165, 1.54) is 28.7 Å². The van der Waals surface area contributed by atoms with Crippen LogP contribution in [0.25, 0.3) is 0 Å². The summed E-state index contributed by atoms with van der Waals surface area (Å²) in [5.74, 6) is 0. The first kappa shape index (κ1) is 14.0. The summed E-state index contributed by atoms with van der Waals surface area (Å²) in [4.78, 5) is 0. The van der Waals surface area contributed by atoms with Crippen molar-refractivity contribution in [3.8, 4) is 0 Å². The summed E-state index contributed by atoms with van der Waals surface area (Å²) in [5.41, 5.74) is 5.80. The zero-order chi connectivity index (χ0) is 11.8. The average Bonchev–Trinajstić information content (AvgIpc) is 2.21. The van der Waals surface area contributed by atoms with E-state index in [2.05, 4.69) is 46.5 Å². The van der Waals surface area contributed by atoms with Crippen molar-refractivity contribution in [2.45, 2.75) is 47.5 Å². The highest BCUT2D eigenvalue weighted by Gasteiger charge is 2.00. The van der Waals surface area contributed by atoms with Crippen LogP contribution < -0.4 is 5.32 Å². The fourth-order valence-corrected chi connectivity index (χ4v) is 1.44. The van der Waals surface area contributed by atoms with Crippen molar-refractivity contribution >= 4 is 0 Å². The molecule has 0 bridgehead atoms. The van der Waals surface area contributed by atoms with Gasteiger partial charge in [0.1, 0.15) is 0 Å². The molecule has 0 aromatic heterocycles. The van der Waals surface area contributed by atoms with E-state index in [1.807, 2.05) is 0 Å². The molecule has 0 fully saturated rings. The summed E-state index contributed by atoms with van der Waals surface area (Å²) in [6.07, 6.45) is 4.09. The summed E-state index contributed by atoms with van der Waals surface area (Å²) >= 11 is 0. The van der Waals surface area contributed by atoms with Gasteiger partial charge >= 0.3 is 0 Å². The van der Waals surface area contributed by atoms with Crippen LogP contribution in [-0.2, 0) is 0 Å². The first-order valence-corrected chi connectivity index (χ1v) is 5.65. The van der Waals surface area contributed by atoms with Gasteiger partial charge < -0.3 is 5.32 Å². The Morgan fingerprint density at radius 1 is 1.07 bits per heavy atom. The lowest BCUT2D eigenvalue weighted by molar-refractivity contribution is 0.744. The van der Waals surface area contributed by atoms with Gasteiger partial charge in [0.05, 0.1) is 0 Å².